The topological polar surface area (TPSA) is 121 Å². The first-order valence-electron chi connectivity index (χ1n) is 12.2. The molecule has 1 fully saturated rings. The van der Waals surface area contributed by atoms with E-state index in [9.17, 15) is 22.8 Å². The lowest BCUT2D eigenvalue weighted by Crippen LogP contribution is -2.52. The van der Waals surface area contributed by atoms with Gasteiger partial charge in [-0.15, -0.1) is 0 Å². The summed E-state index contributed by atoms with van der Waals surface area (Å²) in [6.45, 7) is 3.34. The highest BCUT2D eigenvalue weighted by Gasteiger charge is 2.45. The molecular formula is C27H29ClN4O5S. The van der Waals surface area contributed by atoms with Crippen LogP contribution in [0.1, 0.15) is 20.3 Å². The average molecular weight is 557 g/mol. The number of sulfonamides is 1. The third kappa shape index (κ3) is 5.38. The Labute approximate surface area is 226 Å². The van der Waals surface area contributed by atoms with Crippen LogP contribution in [0.3, 0.4) is 0 Å². The second-order valence-corrected chi connectivity index (χ2v) is 11.4. The van der Waals surface area contributed by atoms with Crippen LogP contribution in [0.2, 0.25) is 5.02 Å². The number of para-hydroxylation sites is 1. The van der Waals surface area contributed by atoms with Crippen LogP contribution in [0.15, 0.2) is 71.6 Å². The smallest absolute Gasteiger partial charge is 0.249 e. The highest BCUT2D eigenvalue weighted by molar-refractivity contribution is 7.89. The predicted molar refractivity (Wildman–Crippen MR) is 146 cm³/mol. The molecule has 0 spiro atoms. The number of nitrogens with zero attached hydrogens (tertiary/aromatic N) is 3. The maximum atomic E-state index is 13.7. The predicted octanol–water partition coefficient (Wildman–Crippen LogP) is 3.01. The minimum atomic E-state index is -4.29. The number of anilines is 1. The van der Waals surface area contributed by atoms with Gasteiger partial charge in [-0.1, -0.05) is 41.9 Å². The summed E-state index contributed by atoms with van der Waals surface area (Å²) in [5.74, 6) is -1.73. The third-order valence-electron chi connectivity index (χ3n) is 6.73. The van der Waals surface area contributed by atoms with E-state index in [0.717, 1.165) is 9.69 Å². The third-order valence-corrected chi connectivity index (χ3v) is 8.81. The van der Waals surface area contributed by atoms with Crippen LogP contribution in [-0.2, 0) is 24.4 Å². The summed E-state index contributed by atoms with van der Waals surface area (Å²) in [6.07, 6.45) is 0.115. The van der Waals surface area contributed by atoms with Crippen molar-refractivity contribution in [2.75, 3.05) is 24.5 Å². The number of rotatable bonds is 9. The van der Waals surface area contributed by atoms with Crippen molar-refractivity contribution >= 4 is 55.8 Å². The lowest BCUT2D eigenvalue weighted by Gasteiger charge is -2.31. The molecule has 200 valence electrons. The molecule has 0 unspecified atom stereocenters. The summed E-state index contributed by atoms with van der Waals surface area (Å²) in [5, 5.41) is 1.89. The molecule has 4 rings (SSSR count). The van der Waals surface area contributed by atoms with Gasteiger partial charge in [-0.05, 0) is 67.4 Å². The Morgan fingerprint density at radius 3 is 2.39 bits per heavy atom. The van der Waals surface area contributed by atoms with Crippen molar-refractivity contribution in [1.82, 2.24) is 9.21 Å². The Balaban J connectivity index is 1.62. The molecular weight excluding hydrogens is 528 g/mol. The van der Waals surface area contributed by atoms with E-state index < -0.39 is 40.5 Å². The number of nitrogens with two attached hydrogens (primary N) is 1. The molecule has 38 heavy (non-hydrogen) atoms. The van der Waals surface area contributed by atoms with Gasteiger partial charge in [0.15, 0.2) is 0 Å². The van der Waals surface area contributed by atoms with Gasteiger partial charge in [0, 0.05) is 23.8 Å². The minimum Gasteiger partial charge on any atom is -0.369 e. The van der Waals surface area contributed by atoms with Crippen LogP contribution < -0.4 is 10.6 Å². The molecule has 9 nitrogen and oxygen atoms in total. The van der Waals surface area contributed by atoms with E-state index in [4.69, 9.17) is 17.3 Å². The van der Waals surface area contributed by atoms with Gasteiger partial charge in [0.1, 0.15) is 12.1 Å². The standard InChI is InChI=1S/C27H29ClN4O5S/c1-3-30(22-7-5-4-6-8-22)26(34)18(2)31-14-13-24(27(31)35)32(17-25(29)33)38(36,37)23-12-10-19-15-21(28)11-9-20(19)16-23/h4-12,15-16,18,24H,3,13-14,17H2,1-2H3,(H2,29,33)/t18-,24-/m0/s1. The molecule has 1 aliphatic rings. The summed E-state index contributed by atoms with van der Waals surface area (Å²) < 4.78 is 28.3. The van der Waals surface area contributed by atoms with Crippen molar-refractivity contribution in [3.05, 3.63) is 71.8 Å². The number of hydrogen-bond acceptors (Lipinski definition) is 5. The first-order chi connectivity index (χ1) is 18.0. The number of hydrogen-bond donors (Lipinski definition) is 1. The van der Waals surface area contributed by atoms with Gasteiger partial charge in [-0.25, -0.2) is 8.42 Å². The fourth-order valence-corrected chi connectivity index (χ4v) is 6.57. The zero-order valence-corrected chi connectivity index (χ0v) is 22.7. The van der Waals surface area contributed by atoms with Crippen LogP contribution >= 0.6 is 11.6 Å². The molecule has 0 bridgehead atoms. The van der Waals surface area contributed by atoms with Gasteiger partial charge >= 0.3 is 0 Å². The Morgan fingerprint density at radius 2 is 1.74 bits per heavy atom. The zero-order chi connectivity index (χ0) is 27.6. The summed E-state index contributed by atoms with van der Waals surface area (Å²) in [7, 11) is -4.29. The van der Waals surface area contributed by atoms with Crippen molar-refractivity contribution in [2.24, 2.45) is 5.73 Å². The molecule has 1 heterocycles. The number of likely N-dealkylation sites (N-methyl/N-ethyl adjacent to an activating group) is 1. The Kier molecular flexibility index (Phi) is 8.05. The molecule has 3 aromatic rings. The Bertz CT molecular complexity index is 1480. The lowest BCUT2D eigenvalue weighted by molar-refractivity contribution is -0.138. The van der Waals surface area contributed by atoms with Gasteiger partial charge in [0.25, 0.3) is 0 Å². The molecule has 2 N–H and O–H groups in total. The first kappa shape index (κ1) is 27.6. The molecule has 3 aromatic carbocycles. The molecule has 1 saturated heterocycles. The van der Waals surface area contributed by atoms with Gasteiger partial charge in [0.05, 0.1) is 11.4 Å². The normalized spacial score (nSPS) is 16.7. The van der Waals surface area contributed by atoms with Crippen molar-refractivity contribution in [3.63, 3.8) is 0 Å². The highest BCUT2D eigenvalue weighted by atomic mass is 35.5. The van der Waals surface area contributed by atoms with Crippen LogP contribution in [0.5, 0.6) is 0 Å². The fraction of sp³-hybridized carbons (Fsp3) is 0.296. The van der Waals surface area contributed by atoms with E-state index in [0.29, 0.717) is 22.6 Å². The van der Waals surface area contributed by atoms with Crippen LogP contribution in [0, 0.1) is 0 Å². The zero-order valence-electron chi connectivity index (χ0n) is 21.1. The van der Waals surface area contributed by atoms with Gasteiger partial charge < -0.3 is 15.5 Å². The lowest BCUT2D eigenvalue weighted by atomic mass is 10.1. The molecule has 0 aromatic heterocycles. The minimum absolute atomic E-state index is 0.0785. The number of primary amides is 1. The maximum absolute atomic E-state index is 13.7. The maximum Gasteiger partial charge on any atom is 0.249 e. The van der Waals surface area contributed by atoms with E-state index in [1.165, 1.54) is 17.0 Å². The van der Waals surface area contributed by atoms with Gasteiger partial charge in [-0.2, -0.15) is 4.31 Å². The number of likely N-dealkylation sites (tertiary alicyclic amines) is 1. The Morgan fingerprint density at radius 1 is 1.08 bits per heavy atom. The number of carbonyl (C=O) groups excluding carboxylic acids is 3. The molecule has 0 saturated carbocycles. The van der Waals surface area contributed by atoms with Gasteiger partial charge in [0.2, 0.25) is 27.7 Å². The molecule has 2 atom stereocenters. The summed E-state index contributed by atoms with van der Waals surface area (Å²) in [5.41, 5.74) is 6.11. The molecule has 1 aliphatic heterocycles. The van der Waals surface area contributed by atoms with Crippen LogP contribution in [0.4, 0.5) is 5.69 Å². The van der Waals surface area contributed by atoms with Crippen molar-refractivity contribution in [3.8, 4) is 0 Å². The van der Waals surface area contributed by atoms with Crippen LogP contribution in [0.25, 0.3) is 10.8 Å². The largest absolute Gasteiger partial charge is 0.369 e. The van der Waals surface area contributed by atoms with E-state index >= 15 is 0 Å². The van der Waals surface area contributed by atoms with Crippen molar-refractivity contribution < 1.29 is 22.8 Å². The first-order valence-corrected chi connectivity index (χ1v) is 14.0. The van der Waals surface area contributed by atoms with E-state index in [-0.39, 0.29) is 23.8 Å². The molecule has 3 amide bonds. The summed E-state index contributed by atoms with van der Waals surface area (Å²) in [6, 6.07) is 16.6. The summed E-state index contributed by atoms with van der Waals surface area (Å²) in [4.78, 5) is 41.7. The van der Waals surface area contributed by atoms with E-state index in [1.54, 1.807) is 48.2 Å². The molecule has 0 radical (unpaired) electrons. The number of carbonyl (C=O) groups is 3. The number of fused-ring (bicyclic) bond motifs is 1. The molecule has 11 heteroatoms. The Hall–Kier alpha value is -3.47. The van der Waals surface area contributed by atoms with E-state index in [1.807, 2.05) is 25.1 Å². The van der Waals surface area contributed by atoms with Gasteiger partial charge in [-0.3, -0.25) is 14.4 Å². The number of amides is 3. The fourth-order valence-electron chi connectivity index (χ4n) is 4.78. The van der Waals surface area contributed by atoms with Crippen molar-refractivity contribution in [2.45, 2.75) is 37.2 Å². The monoisotopic (exact) mass is 556 g/mol. The number of benzene rings is 3. The molecule has 0 aliphatic carbocycles. The quantitative estimate of drug-likeness (QED) is 0.434. The second-order valence-electron chi connectivity index (χ2n) is 9.10. The SMILES string of the molecule is CCN(C(=O)[C@H](C)N1CC[C@H](N(CC(N)=O)S(=O)(=O)c2ccc3cc(Cl)ccc3c2)C1=O)c1ccccc1. The van der Waals surface area contributed by atoms with E-state index in [2.05, 4.69) is 0 Å². The van der Waals surface area contributed by atoms with Crippen LogP contribution in [-0.4, -0.2) is 67.1 Å². The average Bonchev–Trinajstić information content (AvgIpc) is 3.27. The summed E-state index contributed by atoms with van der Waals surface area (Å²) >= 11 is 6.04. The van der Waals surface area contributed by atoms with Crippen molar-refractivity contribution in [1.29, 1.82) is 0 Å². The number of halogens is 1. The highest BCUT2D eigenvalue weighted by Crippen LogP contribution is 2.29. The second kappa shape index (κ2) is 11.1.